The molecule has 0 spiro atoms. The number of rotatable bonds is 4. The van der Waals surface area contributed by atoms with E-state index >= 15 is 0 Å². The number of thioether (sulfide) groups is 1. The van der Waals surface area contributed by atoms with Crippen LogP contribution in [0.2, 0.25) is 0 Å². The predicted molar refractivity (Wildman–Crippen MR) is 72.2 cm³/mol. The number of benzene rings is 1. The second-order valence-corrected chi connectivity index (χ2v) is 5.98. The summed E-state index contributed by atoms with van der Waals surface area (Å²) in [5, 5.41) is 9.50. The molecule has 1 aromatic carbocycles. The van der Waals surface area contributed by atoms with Crippen LogP contribution in [0.25, 0.3) is 0 Å². The lowest BCUT2D eigenvalue weighted by Crippen LogP contribution is -2.22. The highest BCUT2D eigenvalue weighted by atomic mass is 32.2. The van der Waals surface area contributed by atoms with Crippen LogP contribution in [0.15, 0.2) is 29.2 Å². The molecule has 0 heterocycles. The van der Waals surface area contributed by atoms with Gasteiger partial charge in [-0.15, -0.1) is 11.8 Å². The lowest BCUT2D eigenvalue weighted by atomic mass is 9.89. The van der Waals surface area contributed by atoms with Crippen molar-refractivity contribution in [3.63, 3.8) is 0 Å². The van der Waals surface area contributed by atoms with Crippen molar-refractivity contribution in [1.29, 1.82) is 0 Å². The second kappa shape index (κ2) is 6.14. The van der Waals surface area contributed by atoms with Gasteiger partial charge in [0, 0.05) is 10.1 Å². The first-order valence-electron chi connectivity index (χ1n) is 6.22. The molecule has 0 bridgehead atoms. The van der Waals surface area contributed by atoms with E-state index in [4.69, 9.17) is 9.84 Å². The van der Waals surface area contributed by atoms with Crippen molar-refractivity contribution >= 4 is 17.7 Å². The highest BCUT2D eigenvalue weighted by Gasteiger charge is 2.26. The smallest absolute Gasteiger partial charge is 0.306 e. The van der Waals surface area contributed by atoms with Gasteiger partial charge >= 0.3 is 5.97 Å². The zero-order chi connectivity index (χ0) is 13.0. The summed E-state index contributed by atoms with van der Waals surface area (Å²) in [6, 6.07) is 8.05. The minimum Gasteiger partial charge on any atom is -0.497 e. The molecule has 0 aliphatic heterocycles. The van der Waals surface area contributed by atoms with Gasteiger partial charge < -0.3 is 9.84 Å². The first kappa shape index (κ1) is 13.3. The highest BCUT2D eigenvalue weighted by Crippen LogP contribution is 2.36. The van der Waals surface area contributed by atoms with Crippen LogP contribution in [-0.2, 0) is 4.79 Å². The Balaban J connectivity index is 1.85. The Morgan fingerprint density at radius 1 is 1.22 bits per heavy atom. The van der Waals surface area contributed by atoms with Crippen molar-refractivity contribution in [2.45, 2.75) is 35.8 Å². The van der Waals surface area contributed by atoms with Gasteiger partial charge in [0.15, 0.2) is 0 Å². The fourth-order valence-corrected chi connectivity index (χ4v) is 3.46. The number of aliphatic carboxylic acids is 1. The summed E-state index contributed by atoms with van der Waals surface area (Å²) in [5.41, 5.74) is 0. The lowest BCUT2D eigenvalue weighted by Gasteiger charge is -2.25. The third-order valence-corrected chi connectivity index (χ3v) is 4.73. The maximum atomic E-state index is 10.9. The minimum atomic E-state index is -0.636. The predicted octanol–water partition coefficient (Wildman–Crippen LogP) is 3.43. The first-order chi connectivity index (χ1) is 8.69. The summed E-state index contributed by atoms with van der Waals surface area (Å²) in [5.74, 6) is 0.106. The second-order valence-electron chi connectivity index (χ2n) is 4.61. The normalized spacial score (nSPS) is 23.6. The zero-order valence-electron chi connectivity index (χ0n) is 10.5. The molecule has 1 N–H and O–H groups in total. The highest BCUT2D eigenvalue weighted by molar-refractivity contribution is 8.00. The van der Waals surface area contributed by atoms with E-state index in [2.05, 4.69) is 12.1 Å². The molecule has 4 heteroatoms. The monoisotopic (exact) mass is 266 g/mol. The van der Waals surface area contributed by atoms with E-state index in [1.807, 2.05) is 23.9 Å². The van der Waals surface area contributed by atoms with Gasteiger partial charge in [-0.1, -0.05) is 0 Å². The third kappa shape index (κ3) is 3.42. The Morgan fingerprint density at radius 3 is 2.33 bits per heavy atom. The van der Waals surface area contributed by atoms with Crippen molar-refractivity contribution in [2.24, 2.45) is 5.92 Å². The third-order valence-electron chi connectivity index (χ3n) is 3.39. The number of hydrogen-bond acceptors (Lipinski definition) is 3. The fourth-order valence-electron chi connectivity index (χ4n) is 2.27. The maximum absolute atomic E-state index is 10.9. The molecule has 1 fully saturated rings. The molecule has 0 unspecified atom stereocenters. The van der Waals surface area contributed by atoms with Gasteiger partial charge in [-0.3, -0.25) is 4.79 Å². The van der Waals surface area contributed by atoms with Gasteiger partial charge in [-0.25, -0.2) is 0 Å². The Morgan fingerprint density at radius 2 is 1.83 bits per heavy atom. The Bertz CT molecular complexity index is 394. The molecule has 0 atom stereocenters. The summed E-state index contributed by atoms with van der Waals surface area (Å²) < 4.78 is 5.13. The van der Waals surface area contributed by atoms with E-state index in [1.54, 1.807) is 7.11 Å². The van der Waals surface area contributed by atoms with Gasteiger partial charge in [0.1, 0.15) is 5.75 Å². The number of ether oxygens (including phenoxy) is 1. The van der Waals surface area contributed by atoms with Gasteiger partial charge in [0.25, 0.3) is 0 Å². The SMILES string of the molecule is COc1ccc(SC2CCC(C(=O)O)CC2)cc1. The van der Waals surface area contributed by atoms with E-state index in [0.29, 0.717) is 5.25 Å². The number of methoxy groups -OCH3 is 1. The molecular formula is C14H18O3S. The molecule has 0 radical (unpaired) electrons. The number of carbonyl (C=O) groups is 1. The number of carboxylic acid groups (broad SMARTS) is 1. The summed E-state index contributed by atoms with van der Waals surface area (Å²) in [6.07, 6.45) is 3.60. The van der Waals surface area contributed by atoms with E-state index in [1.165, 1.54) is 4.90 Å². The van der Waals surface area contributed by atoms with E-state index in [0.717, 1.165) is 31.4 Å². The van der Waals surface area contributed by atoms with Crippen molar-refractivity contribution in [3.05, 3.63) is 24.3 Å². The van der Waals surface area contributed by atoms with Gasteiger partial charge in [0.2, 0.25) is 0 Å². The van der Waals surface area contributed by atoms with Crippen molar-refractivity contribution in [3.8, 4) is 5.75 Å². The summed E-state index contributed by atoms with van der Waals surface area (Å²) in [6.45, 7) is 0. The van der Waals surface area contributed by atoms with Crippen LogP contribution >= 0.6 is 11.8 Å². The van der Waals surface area contributed by atoms with Gasteiger partial charge in [0.05, 0.1) is 13.0 Å². The molecule has 98 valence electrons. The Kier molecular flexibility index (Phi) is 4.53. The van der Waals surface area contributed by atoms with Crippen LogP contribution in [0.1, 0.15) is 25.7 Å². The van der Waals surface area contributed by atoms with Crippen LogP contribution in [0.5, 0.6) is 5.75 Å². The quantitative estimate of drug-likeness (QED) is 0.907. The van der Waals surface area contributed by atoms with Crippen LogP contribution in [0.3, 0.4) is 0 Å². The average molecular weight is 266 g/mol. The summed E-state index contributed by atoms with van der Waals surface area (Å²) in [7, 11) is 1.66. The number of hydrogen-bond donors (Lipinski definition) is 1. The molecule has 18 heavy (non-hydrogen) atoms. The van der Waals surface area contributed by atoms with Crippen molar-refractivity contribution < 1.29 is 14.6 Å². The molecule has 0 aromatic heterocycles. The maximum Gasteiger partial charge on any atom is 0.306 e. The zero-order valence-corrected chi connectivity index (χ0v) is 11.3. The Hall–Kier alpha value is -1.16. The lowest BCUT2D eigenvalue weighted by molar-refractivity contribution is -0.142. The summed E-state index contributed by atoms with van der Waals surface area (Å²) >= 11 is 1.85. The van der Waals surface area contributed by atoms with Crippen LogP contribution in [0.4, 0.5) is 0 Å². The van der Waals surface area contributed by atoms with Gasteiger partial charge in [-0.05, 0) is 49.9 Å². The molecule has 0 saturated heterocycles. The van der Waals surface area contributed by atoms with Crippen LogP contribution in [-0.4, -0.2) is 23.4 Å². The van der Waals surface area contributed by atoms with E-state index in [9.17, 15) is 4.79 Å². The van der Waals surface area contributed by atoms with E-state index < -0.39 is 5.97 Å². The minimum absolute atomic E-state index is 0.127. The molecule has 1 aliphatic rings. The topological polar surface area (TPSA) is 46.5 Å². The average Bonchev–Trinajstić information content (AvgIpc) is 2.40. The molecule has 2 rings (SSSR count). The van der Waals surface area contributed by atoms with Gasteiger partial charge in [-0.2, -0.15) is 0 Å². The molecule has 1 aromatic rings. The Labute approximate surface area is 112 Å². The van der Waals surface area contributed by atoms with Crippen molar-refractivity contribution in [2.75, 3.05) is 7.11 Å². The molecule has 0 amide bonds. The van der Waals surface area contributed by atoms with E-state index in [-0.39, 0.29) is 5.92 Å². The van der Waals surface area contributed by atoms with Crippen molar-refractivity contribution in [1.82, 2.24) is 0 Å². The molecule has 3 nitrogen and oxygen atoms in total. The van der Waals surface area contributed by atoms with Crippen LogP contribution in [0, 0.1) is 5.92 Å². The van der Waals surface area contributed by atoms with Crippen LogP contribution < -0.4 is 4.74 Å². The first-order valence-corrected chi connectivity index (χ1v) is 7.10. The largest absolute Gasteiger partial charge is 0.497 e. The number of carboxylic acids is 1. The molecular weight excluding hydrogens is 248 g/mol. The molecule has 1 aliphatic carbocycles. The summed E-state index contributed by atoms with van der Waals surface area (Å²) in [4.78, 5) is 12.1. The fraction of sp³-hybridized carbons (Fsp3) is 0.500. The standard InChI is InChI=1S/C14H18O3S/c1-17-11-4-8-13(9-5-11)18-12-6-2-10(3-7-12)14(15)16/h4-5,8-10,12H,2-3,6-7H2,1H3,(H,15,16). The molecule has 1 saturated carbocycles.